The van der Waals surface area contributed by atoms with E-state index < -0.39 is 11.7 Å². The molecule has 0 saturated carbocycles. The minimum absolute atomic E-state index is 0.0549. The van der Waals surface area contributed by atoms with E-state index in [4.69, 9.17) is 5.73 Å². The Kier molecular flexibility index (Phi) is 5.16. The smallest absolute Gasteiger partial charge is 0.393 e. The minimum Gasteiger partial charge on any atom is -0.393 e. The number of nitrogens with zero attached hydrogens (tertiary/aromatic N) is 2. The van der Waals surface area contributed by atoms with Crippen molar-refractivity contribution in [3.05, 3.63) is 66.0 Å². The molecule has 0 fully saturated rings. The lowest BCUT2D eigenvalue weighted by atomic mass is 10.1. The first-order valence-corrected chi connectivity index (χ1v) is 8.17. The average Bonchev–Trinajstić information content (AvgIpc) is 2.65. The lowest BCUT2D eigenvalue weighted by Crippen LogP contribution is -2.07. The summed E-state index contributed by atoms with van der Waals surface area (Å²) in [6.07, 6.45) is -3.22. The molecule has 9 heteroatoms. The van der Waals surface area contributed by atoms with E-state index in [2.05, 4.69) is 20.6 Å². The molecule has 0 bridgehead atoms. The van der Waals surface area contributed by atoms with Gasteiger partial charge in [-0.1, -0.05) is 6.07 Å². The molecule has 1 aromatic heterocycles. The summed E-state index contributed by atoms with van der Waals surface area (Å²) in [5.74, 6) is 0.387. The summed E-state index contributed by atoms with van der Waals surface area (Å²) in [5.41, 5.74) is 6.80. The standard InChI is InChI=1S/C19H16F3N5O/c1-11(28)12-5-7-14(8-6-12)26-17-16(23)18(25-10-24-17)27-15-4-2-3-13(9-15)19(20,21)22/h2-10H,23H2,1H3,(H2,24,25,26,27). The van der Waals surface area contributed by atoms with E-state index >= 15 is 0 Å². The third kappa shape index (κ3) is 4.37. The largest absolute Gasteiger partial charge is 0.416 e. The van der Waals surface area contributed by atoms with Crippen LogP contribution in [0.1, 0.15) is 22.8 Å². The molecule has 0 aliphatic carbocycles. The number of anilines is 5. The van der Waals surface area contributed by atoms with Crippen LogP contribution < -0.4 is 16.4 Å². The molecule has 144 valence electrons. The molecule has 3 aromatic rings. The van der Waals surface area contributed by atoms with Gasteiger partial charge < -0.3 is 16.4 Å². The van der Waals surface area contributed by atoms with Gasteiger partial charge in [0.25, 0.3) is 0 Å². The molecular formula is C19H16F3N5O. The van der Waals surface area contributed by atoms with E-state index in [0.29, 0.717) is 11.3 Å². The van der Waals surface area contributed by atoms with Gasteiger partial charge in [0, 0.05) is 16.9 Å². The predicted octanol–water partition coefficient (Wildman–Crippen LogP) is 4.77. The summed E-state index contributed by atoms with van der Waals surface area (Å²) < 4.78 is 38.6. The molecule has 6 nitrogen and oxygen atoms in total. The number of rotatable bonds is 5. The summed E-state index contributed by atoms with van der Waals surface area (Å²) >= 11 is 0. The van der Waals surface area contributed by atoms with Gasteiger partial charge in [-0.15, -0.1) is 0 Å². The van der Waals surface area contributed by atoms with Crippen molar-refractivity contribution in [3.8, 4) is 0 Å². The summed E-state index contributed by atoms with van der Waals surface area (Å²) in [6.45, 7) is 1.47. The van der Waals surface area contributed by atoms with Crippen LogP contribution in [-0.4, -0.2) is 15.8 Å². The van der Waals surface area contributed by atoms with Crippen LogP contribution >= 0.6 is 0 Å². The van der Waals surface area contributed by atoms with E-state index in [-0.39, 0.29) is 28.8 Å². The van der Waals surface area contributed by atoms with Crippen molar-refractivity contribution in [3.63, 3.8) is 0 Å². The molecule has 0 atom stereocenters. The molecule has 28 heavy (non-hydrogen) atoms. The number of nitrogens with two attached hydrogens (primary N) is 1. The number of nitrogen functional groups attached to an aromatic ring is 1. The molecule has 0 amide bonds. The highest BCUT2D eigenvalue weighted by Crippen LogP contribution is 2.33. The Bertz CT molecular complexity index is 1000. The van der Waals surface area contributed by atoms with Crippen molar-refractivity contribution in [2.24, 2.45) is 0 Å². The van der Waals surface area contributed by atoms with Gasteiger partial charge in [-0.25, -0.2) is 9.97 Å². The Morgan fingerprint density at radius 2 is 1.57 bits per heavy atom. The zero-order chi connectivity index (χ0) is 20.3. The number of alkyl halides is 3. The zero-order valence-corrected chi connectivity index (χ0v) is 14.7. The van der Waals surface area contributed by atoms with Gasteiger partial charge in [-0.05, 0) is 49.4 Å². The number of halogens is 3. The second-order valence-electron chi connectivity index (χ2n) is 5.95. The van der Waals surface area contributed by atoms with Gasteiger partial charge in [0.2, 0.25) is 0 Å². The summed E-state index contributed by atoms with van der Waals surface area (Å²) in [4.78, 5) is 19.4. The molecule has 1 heterocycles. The van der Waals surface area contributed by atoms with E-state index in [1.165, 1.54) is 25.4 Å². The fourth-order valence-electron chi connectivity index (χ4n) is 2.43. The van der Waals surface area contributed by atoms with Crippen LogP contribution in [0.4, 0.5) is 41.9 Å². The first-order chi connectivity index (χ1) is 13.2. The molecule has 3 rings (SSSR count). The Balaban J connectivity index is 1.82. The molecule has 0 aliphatic heterocycles. The number of aromatic nitrogens is 2. The van der Waals surface area contributed by atoms with E-state index in [1.54, 1.807) is 24.3 Å². The number of nitrogens with one attached hydrogen (secondary N) is 2. The number of carbonyl (C=O) groups is 1. The molecular weight excluding hydrogens is 371 g/mol. The second kappa shape index (κ2) is 7.55. The van der Waals surface area contributed by atoms with Gasteiger partial charge in [-0.3, -0.25) is 4.79 Å². The summed E-state index contributed by atoms with van der Waals surface area (Å²) in [7, 11) is 0. The topological polar surface area (TPSA) is 92.9 Å². The van der Waals surface area contributed by atoms with Crippen molar-refractivity contribution < 1.29 is 18.0 Å². The Morgan fingerprint density at radius 3 is 2.14 bits per heavy atom. The zero-order valence-electron chi connectivity index (χ0n) is 14.7. The Hall–Kier alpha value is -3.62. The van der Waals surface area contributed by atoms with E-state index in [9.17, 15) is 18.0 Å². The van der Waals surface area contributed by atoms with Crippen LogP contribution in [-0.2, 0) is 6.18 Å². The van der Waals surface area contributed by atoms with Crippen LogP contribution in [0.3, 0.4) is 0 Å². The lowest BCUT2D eigenvalue weighted by Gasteiger charge is -2.14. The Labute approximate surface area is 158 Å². The highest BCUT2D eigenvalue weighted by atomic mass is 19.4. The van der Waals surface area contributed by atoms with E-state index in [1.807, 2.05) is 0 Å². The van der Waals surface area contributed by atoms with Crippen LogP contribution in [0.5, 0.6) is 0 Å². The summed E-state index contributed by atoms with van der Waals surface area (Å²) in [6, 6.07) is 11.4. The van der Waals surface area contributed by atoms with Crippen LogP contribution in [0.2, 0.25) is 0 Å². The Morgan fingerprint density at radius 1 is 0.964 bits per heavy atom. The normalized spacial score (nSPS) is 11.1. The molecule has 0 aliphatic rings. The van der Waals surface area contributed by atoms with Crippen molar-refractivity contribution in [1.82, 2.24) is 9.97 Å². The maximum atomic E-state index is 12.9. The fourth-order valence-corrected chi connectivity index (χ4v) is 2.43. The van der Waals surface area contributed by atoms with Crippen molar-refractivity contribution in [2.75, 3.05) is 16.4 Å². The second-order valence-corrected chi connectivity index (χ2v) is 5.95. The van der Waals surface area contributed by atoms with Crippen LogP contribution in [0.15, 0.2) is 54.9 Å². The van der Waals surface area contributed by atoms with Crippen LogP contribution in [0, 0.1) is 0 Å². The molecule has 0 radical (unpaired) electrons. The van der Waals surface area contributed by atoms with Crippen LogP contribution in [0.25, 0.3) is 0 Å². The quantitative estimate of drug-likeness (QED) is 0.546. The average molecular weight is 387 g/mol. The number of benzene rings is 2. The number of hydrogen-bond acceptors (Lipinski definition) is 6. The SMILES string of the molecule is CC(=O)c1ccc(Nc2ncnc(Nc3cccc(C(F)(F)F)c3)c2N)cc1. The fraction of sp³-hybridized carbons (Fsp3) is 0.105. The lowest BCUT2D eigenvalue weighted by molar-refractivity contribution is -0.137. The predicted molar refractivity (Wildman–Crippen MR) is 101 cm³/mol. The van der Waals surface area contributed by atoms with Gasteiger partial charge >= 0.3 is 6.18 Å². The third-order valence-electron chi connectivity index (χ3n) is 3.89. The van der Waals surface area contributed by atoms with Gasteiger partial charge in [-0.2, -0.15) is 13.2 Å². The highest BCUT2D eigenvalue weighted by molar-refractivity contribution is 5.94. The first-order valence-electron chi connectivity index (χ1n) is 8.17. The van der Waals surface area contributed by atoms with Gasteiger partial charge in [0.1, 0.15) is 12.0 Å². The summed E-state index contributed by atoms with van der Waals surface area (Å²) in [5, 5.41) is 5.77. The van der Waals surface area contributed by atoms with Crippen molar-refractivity contribution in [1.29, 1.82) is 0 Å². The number of Topliss-reactive ketones (excluding diaryl/α,β-unsaturated/α-hetero) is 1. The van der Waals surface area contributed by atoms with Crippen molar-refractivity contribution in [2.45, 2.75) is 13.1 Å². The highest BCUT2D eigenvalue weighted by Gasteiger charge is 2.30. The molecule has 2 aromatic carbocycles. The molecule has 0 unspecified atom stereocenters. The molecule has 0 saturated heterocycles. The van der Waals surface area contributed by atoms with Gasteiger partial charge in [0.15, 0.2) is 17.4 Å². The maximum Gasteiger partial charge on any atom is 0.416 e. The third-order valence-corrected chi connectivity index (χ3v) is 3.89. The van der Waals surface area contributed by atoms with Gasteiger partial charge in [0.05, 0.1) is 5.56 Å². The maximum absolute atomic E-state index is 12.9. The van der Waals surface area contributed by atoms with E-state index in [0.717, 1.165) is 12.1 Å². The minimum atomic E-state index is -4.45. The first kappa shape index (κ1) is 19.2. The molecule has 0 spiro atoms. The number of hydrogen-bond donors (Lipinski definition) is 3. The molecule has 4 N–H and O–H groups in total. The van der Waals surface area contributed by atoms with Crippen molar-refractivity contribution >= 4 is 34.5 Å². The number of carbonyl (C=O) groups excluding carboxylic acids is 1. The monoisotopic (exact) mass is 387 g/mol. The number of ketones is 1.